The molecule has 140 valence electrons. The van der Waals surface area contributed by atoms with Crippen LogP contribution in [0.25, 0.3) is 0 Å². The molecule has 2 aromatic rings. The number of halogens is 2. The number of thiocarbonyl (C=S) groups is 1. The van der Waals surface area contributed by atoms with E-state index in [0.717, 1.165) is 0 Å². The number of likely N-dealkylation sites (N-methyl/N-ethyl adjacent to an activating group) is 1. The Morgan fingerprint density at radius 2 is 1.78 bits per heavy atom. The number of carbonyl (C=O) groups is 1. The summed E-state index contributed by atoms with van der Waals surface area (Å²) in [6.07, 6.45) is 0. The molecule has 3 rings (SSSR count). The fourth-order valence-electron chi connectivity index (χ4n) is 3.10. The average Bonchev–Trinajstić information content (AvgIpc) is 2.62. The third-order valence-electron chi connectivity index (χ3n) is 4.39. The molecule has 7 heteroatoms. The second-order valence-corrected chi connectivity index (χ2v) is 6.83. The standard InChI is InChI=1S/C20H19F2N3OS/c1-12-17(19(26)24(2)3)18(13-5-4-6-15(22)11-13)23-20(27)25(12)16-9-7-14(21)8-10-16/h4-11,18H,1-3H3,(H,23,27)/t18-/m1/s1. The van der Waals surface area contributed by atoms with Gasteiger partial charge in [0.1, 0.15) is 11.6 Å². The molecule has 0 radical (unpaired) electrons. The molecule has 2 aromatic carbocycles. The minimum Gasteiger partial charge on any atom is -0.351 e. The van der Waals surface area contributed by atoms with E-state index in [2.05, 4.69) is 5.32 Å². The number of hydrogen-bond donors (Lipinski definition) is 1. The van der Waals surface area contributed by atoms with Crippen LogP contribution in [-0.2, 0) is 4.79 Å². The largest absolute Gasteiger partial charge is 0.351 e. The third-order valence-corrected chi connectivity index (χ3v) is 4.69. The Kier molecular flexibility index (Phi) is 5.23. The first kappa shape index (κ1) is 19.0. The number of nitrogens with one attached hydrogen (secondary N) is 1. The third kappa shape index (κ3) is 3.68. The molecule has 0 spiro atoms. The van der Waals surface area contributed by atoms with Crippen molar-refractivity contribution in [2.24, 2.45) is 0 Å². The molecule has 0 aromatic heterocycles. The average molecular weight is 387 g/mol. The number of rotatable bonds is 3. The van der Waals surface area contributed by atoms with Crippen molar-refractivity contribution in [3.05, 3.63) is 77.0 Å². The summed E-state index contributed by atoms with van der Waals surface area (Å²) in [5, 5.41) is 3.48. The first-order valence-corrected chi connectivity index (χ1v) is 8.74. The molecular weight excluding hydrogens is 368 g/mol. The van der Waals surface area contributed by atoms with Crippen molar-refractivity contribution in [2.75, 3.05) is 19.0 Å². The lowest BCUT2D eigenvalue weighted by Gasteiger charge is -2.38. The zero-order valence-electron chi connectivity index (χ0n) is 15.2. The van der Waals surface area contributed by atoms with Crippen LogP contribution in [0.3, 0.4) is 0 Å². The lowest BCUT2D eigenvalue weighted by Crippen LogP contribution is -2.49. The van der Waals surface area contributed by atoms with E-state index in [1.165, 1.54) is 29.2 Å². The predicted octanol–water partition coefficient (Wildman–Crippen LogP) is 3.76. The van der Waals surface area contributed by atoms with Crippen molar-refractivity contribution in [3.63, 3.8) is 0 Å². The van der Waals surface area contributed by atoms with E-state index >= 15 is 0 Å². The summed E-state index contributed by atoms with van der Waals surface area (Å²) < 4.78 is 27.1. The number of anilines is 1. The number of benzene rings is 2. The fraction of sp³-hybridized carbons (Fsp3) is 0.200. The summed E-state index contributed by atoms with van der Waals surface area (Å²) >= 11 is 5.50. The van der Waals surface area contributed by atoms with Gasteiger partial charge < -0.3 is 10.2 Å². The Balaban J connectivity index is 2.16. The van der Waals surface area contributed by atoms with Gasteiger partial charge in [-0.1, -0.05) is 12.1 Å². The molecule has 1 atom stereocenters. The summed E-state index contributed by atoms with van der Waals surface area (Å²) in [6, 6.07) is 11.3. The molecule has 0 fully saturated rings. The lowest BCUT2D eigenvalue weighted by molar-refractivity contribution is -0.125. The van der Waals surface area contributed by atoms with E-state index in [1.807, 2.05) is 0 Å². The van der Waals surface area contributed by atoms with Gasteiger partial charge in [-0.15, -0.1) is 0 Å². The Labute approximate surface area is 162 Å². The molecule has 0 saturated heterocycles. The molecule has 0 saturated carbocycles. The number of hydrogen-bond acceptors (Lipinski definition) is 2. The molecule has 0 unspecified atom stereocenters. The summed E-state index contributed by atoms with van der Waals surface area (Å²) in [5.74, 6) is -0.974. The quantitative estimate of drug-likeness (QED) is 0.814. The zero-order valence-corrected chi connectivity index (χ0v) is 16.0. The number of allylic oxidation sites excluding steroid dienone is 1. The summed E-state index contributed by atoms with van der Waals surface area (Å²) in [5.41, 5.74) is 2.29. The molecular formula is C20H19F2N3OS. The van der Waals surface area contributed by atoms with Gasteiger partial charge in [0.05, 0.1) is 11.6 Å². The molecule has 1 aliphatic rings. The second-order valence-electron chi connectivity index (χ2n) is 6.45. The first-order valence-electron chi connectivity index (χ1n) is 8.33. The van der Waals surface area contributed by atoms with E-state index in [4.69, 9.17) is 12.2 Å². The Bertz CT molecular complexity index is 925. The van der Waals surface area contributed by atoms with Crippen molar-refractivity contribution in [2.45, 2.75) is 13.0 Å². The van der Waals surface area contributed by atoms with Gasteiger partial charge in [0.2, 0.25) is 0 Å². The van der Waals surface area contributed by atoms with Gasteiger partial charge in [0.15, 0.2) is 5.11 Å². The van der Waals surface area contributed by atoms with Gasteiger partial charge in [0, 0.05) is 25.5 Å². The van der Waals surface area contributed by atoms with Gasteiger partial charge in [-0.3, -0.25) is 9.69 Å². The number of carbonyl (C=O) groups excluding carboxylic acids is 1. The van der Waals surface area contributed by atoms with Crippen LogP contribution < -0.4 is 10.2 Å². The summed E-state index contributed by atoms with van der Waals surface area (Å²) in [4.78, 5) is 16.1. The highest BCUT2D eigenvalue weighted by Gasteiger charge is 2.35. The maximum atomic E-state index is 13.8. The van der Waals surface area contributed by atoms with E-state index in [1.54, 1.807) is 50.2 Å². The molecule has 1 aliphatic heterocycles. The topological polar surface area (TPSA) is 35.6 Å². The highest BCUT2D eigenvalue weighted by molar-refractivity contribution is 7.80. The first-order chi connectivity index (χ1) is 12.8. The monoisotopic (exact) mass is 387 g/mol. The van der Waals surface area contributed by atoms with Crippen LogP contribution in [0.2, 0.25) is 0 Å². The van der Waals surface area contributed by atoms with Crippen LogP contribution in [0, 0.1) is 11.6 Å². The van der Waals surface area contributed by atoms with Crippen LogP contribution >= 0.6 is 12.2 Å². The van der Waals surface area contributed by atoms with Gasteiger partial charge in [0.25, 0.3) is 5.91 Å². The highest BCUT2D eigenvalue weighted by Crippen LogP contribution is 2.34. The minimum atomic E-state index is -0.584. The van der Waals surface area contributed by atoms with Gasteiger partial charge >= 0.3 is 0 Å². The van der Waals surface area contributed by atoms with Gasteiger partial charge in [-0.2, -0.15) is 0 Å². The van der Waals surface area contributed by atoms with Crippen molar-refractivity contribution >= 4 is 28.9 Å². The van der Waals surface area contributed by atoms with Crippen molar-refractivity contribution in [1.29, 1.82) is 0 Å². The Morgan fingerprint density at radius 1 is 1.11 bits per heavy atom. The SMILES string of the molecule is CC1=C(C(=O)N(C)C)[C@@H](c2cccc(F)c2)NC(=S)N1c1ccc(F)cc1. The van der Waals surface area contributed by atoms with Gasteiger partial charge in [-0.25, -0.2) is 8.78 Å². The van der Waals surface area contributed by atoms with Crippen LogP contribution in [-0.4, -0.2) is 30.0 Å². The van der Waals surface area contributed by atoms with E-state index in [-0.39, 0.29) is 11.7 Å². The maximum absolute atomic E-state index is 13.8. The number of nitrogens with zero attached hydrogens (tertiary/aromatic N) is 2. The summed E-state index contributed by atoms with van der Waals surface area (Å²) in [7, 11) is 3.31. The molecule has 1 amide bonds. The summed E-state index contributed by atoms with van der Waals surface area (Å²) in [6.45, 7) is 1.78. The normalized spacial score (nSPS) is 17.0. The zero-order chi connectivity index (χ0) is 19.7. The highest BCUT2D eigenvalue weighted by atomic mass is 32.1. The Morgan fingerprint density at radius 3 is 2.37 bits per heavy atom. The smallest absolute Gasteiger partial charge is 0.253 e. The van der Waals surface area contributed by atoms with Crippen molar-refractivity contribution in [3.8, 4) is 0 Å². The molecule has 0 aliphatic carbocycles. The molecule has 1 N–H and O–H groups in total. The van der Waals surface area contributed by atoms with Crippen LogP contribution in [0.4, 0.5) is 14.5 Å². The predicted molar refractivity (Wildman–Crippen MR) is 105 cm³/mol. The number of amides is 1. The molecule has 0 bridgehead atoms. The maximum Gasteiger partial charge on any atom is 0.253 e. The van der Waals surface area contributed by atoms with E-state index < -0.39 is 11.9 Å². The molecule has 1 heterocycles. The van der Waals surface area contributed by atoms with Crippen molar-refractivity contribution in [1.82, 2.24) is 10.2 Å². The van der Waals surface area contributed by atoms with E-state index in [0.29, 0.717) is 27.6 Å². The van der Waals surface area contributed by atoms with E-state index in [9.17, 15) is 13.6 Å². The van der Waals surface area contributed by atoms with Gasteiger partial charge in [-0.05, 0) is 61.1 Å². The second kappa shape index (κ2) is 7.44. The Hall–Kier alpha value is -2.80. The minimum absolute atomic E-state index is 0.219. The van der Waals surface area contributed by atoms with Crippen LogP contribution in [0.15, 0.2) is 59.8 Å². The lowest BCUT2D eigenvalue weighted by atomic mass is 9.93. The molecule has 27 heavy (non-hydrogen) atoms. The van der Waals surface area contributed by atoms with Crippen molar-refractivity contribution < 1.29 is 13.6 Å². The fourth-order valence-corrected chi connectivity index (χ4v) is 3.46. The molecule has 4 nitrogen and oxygen atoms in total. The van der Waals surface area contributed by atoms with Crippen LogP contribution in [0.5, 0.6) is 0 Å². The van der Waals surface area contributed by atoms with Crippen LogP contribution in [0.1, 0.15) is 18.5 Å².